The van der Waals surface area contributed by atoms with Crippen LogP contribution in [0, 0.1) is 0 Å². The molecular formula is C6H7NO3S. The standard InChI is InChI=1S/C6H7NO3S/c7-6-4(8)2-1-3-5(6)11(9)10/h1-3,8H,7H2,(H,9,10). The Morgan fingerprint density at radius 3 is 2.55 bits per heavy atom. The minimum atomic E-state index is -2.14. The largest absolute Gasteiger partial charge is 0.506 e. The summed E-state index contributed by atoms with van der Waals surface area (Å²) in [6.45, 7) is 0. The average molecular weight is 173 g/mol. The third-order valence-electron chi connectivity index (χ3n) is 1.23. The van der Waals surface area contributed by atoms with Gasteiger partial charge in [0, 0.05) is 0 Å². The molecule has 4 N–H and O–H groups in total. The normalized spacial score (nSPS) is 12.8. The van der Waals surface area contributed by atoms with Crippen LogP contribution in [0.5, 0.6) is 5.75 Å². The van der Waals surface area contributed by atoms with Crippen LogP contribution < -0.4 is 5.73 Å². The molecule has 1 aromatic rings. The maximum absolute atomic E-state index is 10.5. The monoisotopic (exact) mass is 173 g/mol. The zero-order valence-electron chi connectivity index (χ0n) is 5.52. The van der Waals surface area contributed by atoms with Crippen molar-refractivity contribution in [3.8, 4) is 5.75 Å². The van der Waals surface area contributed by atoms with Gasteiger partial charge in [-0.1, -0.05) is 6.07 Å². The van der Waals surface area contributed by atoms with Crippen molar-refractivity contribution in [2.45, 2.75) is 4.90 Å². The summed E-state index contributed by atoms with van der Waals surface area (Å²) in [7, 11) is 0. The van der Waals surface area contributed by atoms with Crippen LogP contribution in [0.4, 0.5) is 5.69 Å². The highest BCUT2D eigenvalue weighted by Crippen LogP contribution is 2.25. The molecule has 60 valence electrons. The number of phenolic OH excluding ortho intramolecular Hbond substituents is 1. The maximum atomic E-state index is 10.5. The molecule has 0 bridgehead atoms. The molecule has 11 heavy (non-hydrogen) atoms. The van der Waals surface area contributed by atoms with Gasteiger partial charge < -0.3 is 15.4 Å². The number of benzene rings is 1. The van der Waals surface area contributed by atoms with Crippen molar-refractivity contribution in [1.82, 2.24) is 0 Å². The van der Waals surface area contributed by atoms with Gasteiger partial charge in [-0.15, -0.1) is 0 Å². The van der Waals surface area contributed by atoms with Crippen LogP contribution in [0.2, 0.25) is 0 Å². The van der Waals surface area contributed by atoms with Gasteiger partial charge in [-0.25, -0.2) is 4.21 Å². The zero-order valence-corrected chi connectivity index (χ0v) is 6.34. The van der Waals surface area contributed by atoms with Gasteiger partial charge in [0.2, 0.25) is 0 Å². The Balaban J connectivity index is 3.27. The predicted octanol–water partition coefficient (Wildman–Crippen LogP) is 0.555. The summed E-state index contributed by atoms with van der Waals surface area (Å²) in [6, 6.07) is 4.19. The van der Waals surface area contributed by atoms with Gasteiger partial charge >= 0.3 is 0 Å². The van der Waals surface area contributed by atoms with E-state index in [1.807, 2.05) is 0 Å². The summed E-state index contributed by atoms with van der Waals surface area (Å²) in [6.07, 6.45) is 0. The van der Waals surface area contributed by atoms with E-state index in [0.717, 1.165) is 0 Å². The van der Waals surface area contributed by atoms with E-state index in [1.165, 1.54) is 18.2 Å². The van der Waals surface area contributed by atoms with Crippen molar-refractivity contribution in [1.29, 1.82) is 0 Å². The topological polar surface area (TPSA) is 83.5 Å². The number of aromatic hydroxyl groups is 1. The Labute approximate surface area is 65.9 Å². The van der Waals surface area contributed by atoms with Crippen molar-refractivity contribution in [3.63, 3.8) is 0 Å². The summed E-state index contributed by atoms with van der Waals surface area (Å²) < 4.78 is 19.1. The minimum absolute atomic E-state index is 0.0324. The first kappa shape index (κ1) is 8.03. The molecule has 0 aliphatic rings. The van der Waals surface area contributed by atoms with E-state index in [0.29, 0.717) is 0 Å². The summed E-state index contributed by atoms with van der Waals surface area (Å²) in [5.41, 5.74) is 5.23. The molecule has 1 rings (SSSR count). The number of rotatable bonds is 1. The van der Waals surface area contributed by atoms with Crippen molar-refractivity contribution in [2.24, 2.45) is 0 Å². The van der Waals surface area contributed by atoms with E-state index < -0.39 is 11.1 Å². The molecule has 5 heteroatoms. The lowest BCUT2D eigenvalue weighted by Gasteiger charge is -2.01. The second-order valence-electron chi connectivity index (χ2n) is 1.94. The number of nitrogen functional groups attached to an aromatic ring is 1. The van der Waals surface area contributed by atoms with Crippen molar-refractivity contribution < 1.29 is 13.9 Å². The Bertz CT molecular complexity index is 300. The van der Waals surface area contributed by atoms with Crippen molar-refractivity contribution in [3.05, 3.63) is 18.2 Å². The summed E-state index contributed by atoms with van der Waals surface area (Å²) in [5, 5.41) is 8.98. The molecule has 0 aromatic heterocycles. The summed E-state index contributed by atoms with van der Waals surface area (Å²) in [5.74, 6) is -0.176. The van der Waals surface area contributed by atoms with Crippen LogP contribution in [0.15, 0.2) is 23.1 Å². The van der Waals surface area contributed by atoms with E-state index in [-0.39, 0.29) is 16.3 Å². The van der Waals surface area contributed by atoms with Gasteiger partial charge in [-0.05, 0) is 12.1 Å². The SMILES string of the molecule is Nc1c(O)cccc1S(=O)O. The first-order valence-corrected chi connectivity index (χ1v) is 3.92. The Morgan fingerprint density at radius 1 is 1.45 bits per heavy atom. The molecule has 0 aliphatic heterocycles. The number of anilines is 1. The Kier molecular flexibility index (Phi) is 2.11. The van der Waals surface area contributed by atoms with E-state index >= 15 is 0 Å². The molecule has 0 radical (unpaired) electrons. The highest BCUT2D eigenvalue weighted by atomic mass is 32.2. The van der Waals surface area contributed by atoms with Gasteiger partial charge in [0.1, 0.15) is 5.75 Å². The molecule has 0 spiro atoms. The van der Waals surface area contributed by atoms with E-state index in [4.69, 9.17) is 15.4 Å². The number of hydrogen-bond donors (Lipinski definition) is 3. The van der Waals surface area contributed by atoms with Crippen LogP contribution in [0.1, 0.15) is 0 Å². The molecule has 1 aromatic carbocycles. The van der Waals surface area contributed by atoms with Crippen LogP contribution >= 0.6 is 0 Å². The lowest BCUT2D eigenvalue weighted by Crippen LogP contribution is -1.96. The summed E-state index contributed by atoms with van der Waals surface area (Å²) in [4.78, 5) is 0.0324. The number of nitrogens with two attached hydrogens (primary N) is 1. The van der Waals surface area contributed by atoms with E-state index in [9.17, 15) is 4.21 Å². The van der Waals surface area contributed by atoms with Gasteiger partial charge in [-0.2, -0.15) is 0 Å². The molecule has 0 saturated heterocycles. The quantitative estimate of drug-likeness (QED) is 0.329. The molecule has 1 atom stereocenters. The number of para-hydroxylation sites is 1. The van der Waals surface area contributed by atoms with Crippen molar-refractivity contribution >= 4 is 16.8 Å². The van der Waals surface area contributed by atoms with E-state index in [2.05, 4.69) is 0 Å². The molecule has 0 heterocycles. The number of hydrogen-bond acceptors (Lipinski definition) is 3. The van der Waals surface area contributed by atoms with Crippen LogP contribution in [-0.4, -0.2) is 13.9 Å². The highest BCUT2D eigenvalue weighted by Gasteiger charge is 2.07. The highest BCUT2D eigenvalue weighted by molar-refractivity contribution is 7.79. The minimum Gasteiger partial charge on any atom is -0.506 e. The third kappa shape index (κ3) is 1.50. The van der Waals surface area contributed by atoms with Gasteiger partial charge in [0.05, 0.1) is 10.6 Å². The van der Waals surface area contributed by atoms with Crippen LogP contribution in [-0.2, 0) is 11.1 Å². The number of phenols is 1. The fraction of sp³-hybridized carbons (Fsp3) is 0. The maximum Gasteiger partial charge on any atom is 0.188 e. The molecular weight excluding hydrogens is 166 g/mol. The fourth-order valence-corrected chi connectivity index (χ4v) is 1.17. The predicted molar refractivity (Wildman–Crippen MR) is 41.6 cm³/mol. The Hall–Kier alpha value is -1.07. The second-order valence-corrected chi connectivity index (χ2v) is 2.88. The Morgan fingerprint density at radius 2 is 2.09 bits per heavy atom. The van der Waals surface area contributed by atoms with Crippen LogP contribution in [0.3, 0.4) is 0 Å². The lowest BCUT2D eigenvalue weighted by atomic mass is 10.3. The molecule has 4 nitrogen and oxygen atoms in total. The first-order valence-electron chi connectivity index (χ1n) is 2.81. The van der Waals surface area contributed by atoms with Crippen molar-refractivity contribution in [2.75, 3.05) is 5.73 Å². The molecule has 0 amide bonds. The molecule has 1 unspecified atom stereocenters. The van der Waals surface area contributed by atoms with Gasteiger partial charge in [0.15, 0.2) is 11.1 Å². The fourth-order valence-electron chi connectivity index (χ4n) is 0.685. The van der Waals surface area contributed by atoms with Crippen LogP contribution in [0.25, 0.3) is 0 Å². The second kappa shape index (κ2) is 2.89. The average Bonchev–Trinajstić information content (AvgIpc) is 1.94. The third-order valence-corrected chi connectivity index (χ3v) is 1.96. The molecule has 0 fully saturated rings. The van der Waals surface area contributed by atoms with E-state index in [1.54, 1.807) is 0 Å². The summed E-state index contributed by atoms with van der Waals surface area (Å²) >= 11 is -2.14. The molecule has 0 aliphatic carbocycles. The zero-order chi connectivity index (χ0) is 8.43. The van der Waals surface area contributed by atoms with Gasteiger partial charge in [-0.3, -0.25) is 0 Å². The lowest BCUT2D eigenvalue weighted by molar-refractivity contribution is 0.476. The first-order chi connectivity index (χ1) is 5.13. The van der Waals surface area contributed by atoms with Gasteiger partial charge in [0.25, 0.3) is 0 Å². The smallest absolute Gasteiger partial charge is 0.188 e. The molecule has 0 saturated carbocycles.